The molecular weight excluding hydrogens is 204 g/mol. The van der Waals surface area contributed by atoms with E-state index in [1.165, 1.54) is 5.56 Å². The summed E-state index contributed by atoms with van der Waals surface area (Å²) in [5.41, 5.74) is 2.27. The predicted molar refractivity (Wildman–Crippen MR) is 60.5 cm³/mol. The Morgan fingerprint density at radius 1 is 1.50 bits per heavy atom. The van der Waals surface area contributed by atoms with Gasteiger partial charge in [-0.3, -0.25) is 4.79 Å². The highest BCUT2D eigenvalue weighted by atomic mass is 16.5. The van der Waals surface area contributed by atoms with Crippen LogP contribution in [0.15, 0.2) is 18.2 Å². The van der Waals surface area contributed by atoms with E-state index in [1.54, 1.807) is 7.11 Å². The quantitative estimate of drug-likeness (QED) is 0.733. The van der Waals surface area contributed by atoms with Gasteiger partial charge in [0.2, 0.25) is 0 Å². The Balaban J connectivity index is 2.11. The lowest BCUT2D eigenvalue weighted by atomic mass is 10.0. The van der Waals surface area contributed by atoms with E-state index in [-0.39, 0.29) is 12.1 Å². The molecule has 1 fully saturated rings. The average Bonchev–Trinajstić information content (AvgIpc) is 2.67. The first-order chi connectivity index (χ1) is 7.69. The van der Waals surface area contributed by atoms with Crippen LogP contribution in [0.1, 0.15) is 24.0 Å². The average molecular weight is 220 g/mol. The van der Waals surface area contributed by atoms with Crippen LogP contribution in [0.5, 0.6) is 5.75 Å². The van der Waals surface area contributed by atoms with E-state index in [0.717, 1.165) is 24.2 Å². The van der Waals surface area contributed by atoms with Gasteiger partial charge >= 0.3 is 5.97 Å². The number of benzene rings is 1. The number of aryl methyl sites for hydroxylation is 1. The largest absolute Gasteiger partial charge is 0.496 e. The number of hydrogen-bond acceptors (Lipinski definition) is 3. The monoisotopic (exact) mass is 220 g/mol. The number of ether oxygens (including phenoxy) is 2. The molecule has 1 aliphatic rings. The smallest absolute Gasteiger partial charge is 0.306 e. The lowest BCUT2D eigenvalue weighted by Gasteiger charge is -2.13. The van der Waals surface area contributed by atoms with E-state index in [4.69, 9.17) is 9.47 Å². The lowest BCUT2D eigenvalue weighted by Crippen LogP contribution is -2.11. The van der Waals surface area contributed by atoms with Gasteiger partial charge < -0.3 is 9.47 Å². The molecular formula is C13H16O3. The van der Waals surface area contributed by atoms with Crippen molar-refractivity contribution < 1.29 is 14.3 Å². The standard InChI is InChI=1S/C13H16O3/c1-9-3-4-10(12(7-9)15-2)8-11-5-6-13(14)16-11/h3-4,7,11H,5-6,8H2,1-2H3/t11-/m0/s1. The second-order valence-corrected chi connectivity index (χ2v) is 4.17. The minimum absolute atomic E-state index is 0.0177. The maximum absolute atomic E-state index is 11.0. The summed E-state index contributed by atoms with van der Waals surface area (Å²) in [5.74, 6) is 0.791. The van der Waals surface area contributed by atoms with Gasteiger partial charge in [0.05, 0.1) is 7.11 Å². The maximum atomic E-state index is 11.0. The van der Waals surface area contributed by atoms with Crippen molar-refractivity contribution in [1.82, 2.24) is 0 Å². The second kappa shape index (κ2) is 4.56. The number of carbonyl (C=O) groups is 1. The molecule has 0 aliphatic carbocycles. The summed E-state index contributed by atoms with van der Waals surface area (Å²) in [6, 6.07) is 6.10. The summed E-state index contributed by atoms with van der Waals surface area (Å²) in [7, 11) is 1.67. The minimum Gasteiger partial charge on any atom is -0.496 e. The predicted octanol–water partition coefficient (Wildman–Crippen LogP) is 2.25. The van der Waals surface area contributed by atoms with E-state index in [0.29, 0.717) is 6.42 Å². The van der Waals surface area contributed by atoms with Gasteiger partial charge in [-0.15, -0.1) is 0 Å². The highest BCUT2D eigenvalue weighted by molar-refractivity contribution is 5.71. The molecule has 0 spiro atoms. The van der Waals surface area contributed by atoms with Crippen molar-refractivity contribution >= 4 is 5.97 Å². The third-order valence-electron chi connectivity index (χ3n) is 2.86. The van der Waals surface area contributed by atoms with Gasteiger partial charge in [-0.2, -0.15) is 0 Å². The summed E-state index contributed by atoms with van der Waals surface area (Å²) in [6.45, 7) is 2.03. The van der Waals surface area contributed by atoms with Gasteiger partial charge in [0.25, 0.3) is 0 Å². The number of carbonyl (C=O) groups excluding carboxylic acids is 1. The molecule has 86 valence electrons. The van der Waals surface area contributed by atoms with Gasteiger partial charge in [-0.25, -0.2) is 0 Å². The first-order valence-electron chi connectivity index (χ1n) is 5.52. The third-order valence-corrected chi connectivity index (χ3v) is 2.86. The molecule has 1 saturated heterocycles. The SMILES string of the molecule is COc1cc(C)ccc1C[C@@H]1CCC(=O)O1. The summed E-state index contributed by atoms with van der Waals surface area (Å²) in [6.07, 6.45) is 2.12. The van der Waals surface area contributed by atoms with Crippen molar-refractivity contribution in [3.05, 3.63) is 29.3 Å². The zero-order chi connectivity index (χ0) is 11.5. The molecule has 1 aromatic rings. The highest BCUT2D eigenvalue weighted by Gasteiger charge is 2.24. The van der Waals surface area contributed by atoms with E-state index >= 15 is 0 Å². The Morgan fingerprint density at radius 2 is 2.31 bits per heavy atom. The van der Waals surface area contributed by atoms with E-state index in [9.17, 15) is 4.79 Å². The van der Waals surface area contributed by atoms with E-state index in [2.05, 4.69) is 6.07 Å². The van der Waals surface area contributed by atoms with Crippen LogP contribution in [0.25, 0.3) is 0 Å². The molecule has 0 saturated carbocycles. The van der Waals surface area contributed by atoms with Crippen LogP contribution in [-0.2, 0) is 16.0 Å². The topological polar surface area (TPSA) is 35.5 Å². The molecule has 1 aliphatic heterocycles. The molecule has 0 bridgehead atoms. The molecule has 3 heteroatoms. The zero-order valence-corrected chi connectivity index (χ0v) is 9.66. The summed E-state index contributed by atoms with van der Waals surface area (Å²) in [4.78, 5) is 11.0. The van der Waals surface area contributed by atoms with Crippen LogP contribution in [0, 0.1) is 6.92 Å². The van der Waals surface area contributed by atoms with Crippen LogP contribution in [0.4, 0.5) is 0 Å². The van der Waals surface area contributed by atoms with Crippen LogP contribution >= 0.6 is 0 Å². The Morgan fingerprint density at radius 3 is 2.94 bits per heavy atom. The van der Waals surface area contributed by atoms with Crippen molar-refractivity contribution in [2.75, 3.05) is 7.11 Å². The van der Waals surface area contributed by atoms with E-state index < -0.39 is 0 Å². The minimum atomic E-state index is -0.0870. The molecule has 0 N–H and O–H groups in total. The molecule has 1 aromatic carbocycles. The highest BCUT2D eigenvalue weighted by Crippen LogP contribution is 2.25. The summed E-state index contributed by atoms with van der Waals surface area (Å²) in [5, 5.41) is 0. The van der Waals surface area contributed by atoms with Crippen LogP contribution < -0.4 is 4.74 Å². The Kier molecular flexibility index (Phi) is 3.13. The van der Waals surface area contributed by atoms with Gasteiger partial charge in [-0.1, -0.05) is 12.1 Å². The lowest BCUT2D eigenvalue weighted by molar-refractivity contribution is -0.141. The Hall–Kier alpha value is -1.51. The van der Waals surface area contributed by atoms with Gasteiger partial charge in [0, 0.05) is 12.8 Å². The van der Waals surface area contributed by atoms with Crippen molar-refractivity contribution in [2.45, 2.75) is 32.3 Å². The molecule has 0 amide bonds. The van der Waals surface area contributed by atoms with Gasteiger partial charge in [-0.05, 0) is 30.5 Å². The summed E-state index contributed by atoms with van der Waals surface area (Å²) < 4.78 is 10.5. The molecule has 0 radical (unpaired) electrons. The number of methoxy groups -OCH3 is 1. The first kappa shape index (κ1) is 11.0. The Labute approximate surface area is 95.4 Å². The number of hydrogen-bond donors (Lipinski definition) is 0. The first-order valence-corrected chi connectivity index (χ1v) is 5.52. The van der Waals surface area contributed by atoms with Crippen LogP contribution in [-0.4, -0.2) is 19.2 Å². The van der Waals surface area contributed by atoms with Crippen molar-refractivity contribution in [3.8, 4) is 5.75 Å². The maximum Gasteiger partial charge on any atom is 0.306 e. The molecule has 0 unspecified atom stereocenters. The van der Waals surface area contributed by atoms with Gasteiger partial charge in [0.1, 0.15) is 11.9 Å². The normalized spacial score (nSPS) is 19.6. The molecule has 16 heavy (non-hydrogen) atoms. The summed E-state index contributed by atoms with van der Waals surface area (Å²) >= 11 is 0. The number of cyclic esters (lactones) is 1. The molecule has 0 aromatic heterocycles. The van der Waals surface area contributed by atoms with E-state index in [1.807, 2.05) is 19.1 Å². The fourth-order valence-electron chi connectivity index (χ4n) is 1.99. The Bertz CT molecular complexity index is 398. The second-order valence-electron chi connectivity index (χ2n) is 4.17. The van der Waals surface area contributed by atoms with Crippen molar-refractivity contribution in [3.63, 3.8) is 0 Å². The molecule has 3 nitrogen and oxygen atoms in total. The van der Waals surface area contributed by atoms with Crippen molar-refractivity contribution in [1.29, 1.82) is 0 Å². The molecule has 2 rings (SSSR count). The van der Waals surface area contributed by atoms with Gasteiger partial charge in [0.15, 0.2) is 0 Å². The molecule has 1 heterocycles. The fourth-order valence-corrected chi connectivity index (χ4v) is 1.99. The zero-order valence-electron chi connectivity index (χ0n) is 9.66. The van der Waals surface area contributed by atoms with Crippen LogP contribution in [0.3, 0.4) is 0 Å². The van der Waals surface area contributed by atoms with Crippen LogP contribution in [0.2, 0.25) is 0 Å². The fraction of sp³-hybridized carbons (Fsp3) is 0.462. The number of rotatable bonds is 3. The third kappa shape index (κ3) is 2.35. The molecule has 1 atom stereocenters. The number of esters is 1. The van der Waals surface area contributed by atoms with Crippen molar-refractivity contribution in [2.24, 2.45) is 0 Å².